The number of halogens is 1. The highest BCUT2D eigenvalue weighted by atomic mass is 35.5. The summed E-state index contributed by atoms with van der Waals surface area (Å²) in [4.78, 5) is 12.5. The average Bonchev–Trinajstić information content (AvgIpc) is 2.54. The number of rotatable bonds is 2. The first-order valence-corrected chi connectivity index (χ1v) is 8.45. The van der Waals surface area contributed by atoms with E-state index in [0.29, 0.717) is 16.4 Å². The molecule has 0 aliphatic carbocycles. The number of ketones is 1. The quantitative estimate of drug-likeness (QED) is 0.845. The third-order valence-electron chi connectivity index (χ3n) is 3.44. The number of nitrogens with one attached hydrogen (secondary N) is 1. The van der Waals surface area contributed by atoms with Crippen LogP contribution in [0.1, 0.15) is 10.4 Å². The van der Waals surface area contributed by atoms with E-state index >= 15 is 0 Å². The van der Waals surface area contributed by atoms with Crippen molar-refractivity contribution >= 4 is 43.8 Å². The van der Waals surface area contributed by atoms with E-state index in [-0.39, 0.29) is 5.56 Å². The summed E-state index contributed by atoms with van der Waals surface area (Å²) in [6.45, 7) is 0. The molecule has 8 heteroatoms. The van der Waals surface area contributed by atoms with Crippen molar-refractivity contribution in [1.29, 1.82) is 0 Å². The highest BCUT2D eigenvalue weighted by molar-refractivity contribution is 8.09. The fourth-order valence-corrected chi connectivity index (χ4v) is 3.56. The monoisotopic (exact) mass is 349 g/mol. The van der Waals surface area contributed by atoms with Gasteiger partial charge >= 0.3 is 0 Å². The van der Waals surface area contributed by atoms with Crippen LogP contribution in [0.25, 0.3) is 0 Å². The maximum Gasteiger partial charge on any atom is 0.287 e. The van der Waals surface area contributed by atoms with Crippen LogP contribution in [-0.2, 0) is 10.0 Å². The summed E-state index contributed by atoms with van der Waals surface area (Å²) in [7, 11) is -2.64. The number of Topliss-reactive ketones (excluding diaryl/α,β-unsaturated/α-hetero) is 1. The molecule has 0 aromatic heterocycles. The van der Waals surface area contributed by atoms with Crippen LogP contribution in [-0.4, -0.2) is 26.3 Å². The predicted octanol–water partition coefficient (Wildman–Crippen LogP) is 2.73. The van der Waals surface area contributed by atoms with Gasteiger partial charge in [-0.3, -0.25) is 14.5 Å². The molecule has 1 aliphatic rings. The number of sulfonamides is 1. The normalized spacial score (nSPS) is 17.9. The second kappa shape index (κ2) is 5.68. The molecule has 2 aromatic rings. The van der Waals surface area contributed by atoms with Gasteiger partial charge in [-0.2, -0.15) is 13.5 Å². The van der Waals surface area contributed by atoms with Crippen molar-refractivity contribution in [3.05, 3.63) is 59.1 Å². The summed E-state index contributed by atoms with van der Waals surface area (Å²) in [5, 5.41) is 3.60. The number of carbonyl (C=O) groups is 1. The Morgan fingerprint density at radius 2 is 1.74 bits per heavy atom. The maximum absolute atomic E-state index is 12.5. The van der Waals surface area contributed by atoms with E-state index in [1.165, 1.54) is 7.05 Å². The molecule has 2 aromatic carbocycles. The molecule has 0 radical (unpaired) electrons. The Hall–Kier alpha value is -2.38. The van der Waals surface area contributed by atoms with Crippen LogP contribution in [0.3, 0.4) is 0 Å². The van der Waals surface area contributed by atoms with Gasteiger partial charge in [-0.15, -0.1) is 0 Å². The summed E-state index contributed by atoms with van der Waals surface area (Å²) >= 11 is 5.98. The second-order valence-electron chi connectivity index (χ2n) is 4.83. The van der Waals surface area contributed by atoms with Gasteiger partial charge in [0.25, 0.3) is 10.0 Å². The van der Waals surface area contributed by atoms with Crippen LogP contribution in [0.5, 0.6) is 0 Å². The SMILES string of the molecule is CN1c2ccccc2C(=O)/C(=N/Nc2ccccc2Cl)S1(=O)=O. The lowest BCUT2D eigenvalue weighted by Crippen LogP contribution is -2.43. The lowest BCUT2D eigenvalue weighted by molar-refractivity contribution is 0.106. The maximum atomic E-state index is 12.5. The van der Waals surface area contributed by atoms with Crippen LogP contribution in [0.4, 0.5) is 11.4 Å². The van der Waals surface area contributed by atoms with Crippen molar-refractivity contribution in [2.75, 3.05) is 16.8 Å². The Morgan fingerprint density at radius 3 is 2.48 bits per heavy atom. The van der Waals surface area contributed by atoms with E-state index < -0.39 is 20.9 Å². The van der Waals surface area contributed by atoms with Crippen LogP contribution >= 0.6 is 11.6 Å². The Kier molecular flexibility index (Phi) is 3.83. The molecule has 0 unspecified atom stereocenters. The fraction of sp³-hybridized carbons (Fsp3) is 0.0667. The molecule has 3 rings (SSSR count). The fourth-order valence-electron chi connectivity index (χ4n) is 2.20. The third kappa shape index (κ3) is 2.58. The molecule has 0 amide bonds. The van der Waals surface area contributed by atoms with Crippen molar-refractivity contribution < 1.29 is 13.2 Å². The zero-order chi connectivity index (χ0) is 16.6. The number of carbonyl (C=O) groups excluding carboxylic acids is 1. The summed E-state index contributed by atoms with van der Waals surface area (Å²) in [5.74, 6) is -0.654. The standard InChI is InChI=1S/C15H12ClN3O3S/c1-19-13-9-5-2-6-10(13)14(20)15(23(19,21)22)18-17-12-8-4-3-7-11(12)16/h2-9,17H,1H3/b18-15-. The lowest BCUT2D eigenvalue weighted by Gasteiger charge is -2.26. The minimum Gasteiger partial charge on any atom is -0.286 e. The van der Waals surface area contributed by atoms with E-state index in [4.69, 9.17) is 11.6 Å². The van der Waals surface area contributed by atoms with E-state index in [0.717, 1.165) is 4.31 Å². The molecule has 0 saturated carbocycles. The number of benzene rings is 2. The molecule has 118 valence electrons. The first kappa shape index (κ1) is 15.5. The zero-order valence-electron chi connectivity index (χ0n) is 12.0. The molecule has 1 aliphatic heterocycles. The van der Waals surface area contributed by atoms with Crippen molar-refractivity contribution in [2.24, 2.45) is 5.10 Å². The lowest BCUT2D eigenvalue weighted by atomic mass is 10.1. The van der Waals surface area contributed by atoms with Crippen molar-refractivity contribution in [3.8, 4) is 0 Å². The number of anilines is 2. The number of hydrazone groups is 1. The van der Waals surface area contributed by atoms with E-state index in [1.54, 1.807) is 48.5 Å². The Morgan fingerprint density at radius 1 is 1.09 bits per heavy atom. The number of para-hydroxylation sites is 2. The Bertz CT molecular complexity index is 925. The van der Waals surface area contributed by atoms with Crippen molar-refractivity contribution in [2.45, 2.75) is 0 Å². The van der Waals surface area contributed by atoms with E-state index in [1.807, 2.05) is 0 Å². The predicted molar refractivity (Wildman–Crippen MR) is 90.6 cm³/mol. The number of fused-ring (bicyclic) bond motifs is 1. The first-order valence-electron chi connectivity index (χ1n) is 6.64. The molecule has 0 atom stereocenters. The minimum absolute atomic E-state index is 0.282. The molecule has 0 bridgehead atoms. The summed E-state index contributed by atoms with van der Waals surface area (Å²) in [6.07, 6.45) is 0. The van der Waals surface area contributed by atoms with Gasteiger partial charge in [0.1, 0.15) is 0 Å². The molecular formula is C15H12ClN3O3S. The molecule has 0 saturated heterocycles. The zero-order valence-corrected chi connectivity index (χ0v) is 13.6. The number of hydrogen-bond donors (Lipinski definition) is 1. The Labute approximate surface area is 138 Å². The van der Waals surface area contributed by atoms with E-state index in [2.05, 4.69) is 10.5 Å². The van der Waals surface area contributed by atoms with Crippen LogP contribution in [0.15, 0.2) is 53.6 Å². The van der Waals surface area contributed by atoms with Gasteiger partial charge < -0.3 is 0 Å². The van der Waals surface area contributed by atoms with Gasteiger partial charge in [0.15, 0.2) is 0 Å². The molecule has 0 fully saturated rings. The largest absolute Gasteiger partial charge is 0.287 e. The van der Waals surface area contributed by atoms with Gasteiger partial charge in [-0.05, 0) is 24.3 Å². The molecule has 23 heavy (non-hydrogen) atoms. The molecule has 0 spiro atoms. The van der Waals surface area contributed by atoms with Gasteiger partial charge in [-0.1, -0.05) is 35.9 Å². The molecule has 6 nitrogen and oxygen atoms in total. The van der Waals surface area contributed by atoms with Gasteiger partial charge in [0.2, 0.25) is 10.8 Å². The van der Waals surface area contributed by atoms with Crippen molar-refractivity contribution in [3.63, 3.8) is 0 Å². The second-order valence-corrected chi connectivity index (χ2v) is 7.12. The highest BCUT2D eigenvalue weighted by Gasteiger charge is 2.39. The van der Waals surface area contributed by atoms with Crippen LogP contribution < -0.4 is 9.73 Å². The van der Waals surface area contributed by atoms with E-state index in [9.17, 15) is 13.2 Å². The summed E-state index contributed by atoms with van der Waals surface area (Å²) in [5.41, 5.74) is 3.57. The third-order valence-corrected chi connectivity index (χ3v) is 5.45. The number of nitrogens with zero attached hydrogens (tertiary/aromatic N) is 2. The average molecular weight is 350 g/mol. The van der Waals surface area contributed by atoms with Gasteiger partial charge in [-0.25, -0.2) is 0 Å². The Balaban J connectivity index is 2.07. The minimum atomic E-state index is -4.02. The highest BCUT2D eigenvalue weighted by Crippen LogP contribution is 2.29. The van der Waals surface area contributed by atoms with Crippen LogP contribution in [0.2, 0.25) is 5.02 Å². The molecule has 1 heterocycles. The molecule has 1 N–H and O–H groups in total. The number of hydrogen-bond acceptors (Lipinski definition) is 5. The van der Waals surface area contributed by atoms with Gasteiger partial charge in [0, 0.05) is 12.6 Å². The van der Waals surface area contributed by atoms with Crippen LogP contribution in [0, 0.1) is 0 Å². The summed E-state index contributed by atoms with van der Waals surface area (Å²) in [6, 6.07) is 13.2. The van der Waals surface area contributed by atoms with Crippen molar-refractivity contribution in [1.82, 2.24) is 0 Å². The first-order chi connectivity index (χ1) is 10.9. The topological polar surface area (TPSA) is 78.8 Å². The summed E-state index contributed by atoms with van der Waals surface area (Å²) < 4.78 is 26.0. The van der Waals surface area contributed by atoms with Gasteiger partial charge in [0.05, 0.1) is 16.4 Å². The smallest absolute Gasteiger partial charge is 0.286 e. The molecular weight excluding hydrogens is 338 g/mol.